The summed E-state index contributed by atoms with van der Waals surface area (Å²) in [7, 11) is 0. The van der Waals surface area contributed by atoms with E-state index >= 15 is 0 Å². The van der Waals surface area contributed by atoms with Crippen LogP contribution in [-0.4, -0.2) is 11.7 Å². The Morgan fingerprint density at radius 2 is 2.23 bits per heavy atom. The number of ether oxygens (including phenoxy) is 1. The number of aliphatic hydroxyl groups is 1. The van der Waals surface area contributed by atoms with Gasteiger partial charge in [-0.05, 0) is 45.7 Å². The molecule has 1 aromatic rings. The molecule has 1 heterocycles. The highest BCUT2D eigenvalue weighted by molar-refractivity contribution is 14.1. The van der Waals surface area contributed by atoms with Crippen LogP contribution in [0.15, 0.2) is 12.1 Å². The molecule has 0 amide bonds. The summed E-state index contributed by atoms with van der Waals surface area (Å²) in [5.74, 6) is 0. The van der Waals surface area contributed by atoms with Gasteiger partial charge in [0.25, 0.3) is 0 Å². The maximum absolute atomic E-state index is 8.86. The van der Waals surface area contributed by atoms with Crippen molar-refractivity contribution >= 4 is 22.6 Å². The molecule has 0 aliphatic carbocycles. The predicted octanol–water partition coefficient (Wildman–Crippen LogP) is 1.86. The van der Waals surface area contributed by atoms with Gasteiger partial charge in [0.05, 0.1) is 13.2 Å². The van der Waals surface area contributed by atoms with Crippen molar-refractivity contribution in [3.63, 3.8) is 0 Å². The summed E-state index contributed by atoms with van der Waals surface area (Å²) in [4.78, 5) is 0. The van der Waals surface area contributed by atoms with E-state index < -0.39 is 0 Å². The lowest BCUT2D eigenvalue weighted by Gasteiger charge is -2.06. The Bertz CT molecular complexity index is 323. The van der Waals surface area contributed by atoms with Gasteiger partial charge in [-0.3, -0.25) is 0 Å². The van der Waals surface area contributed by atoms with Gasteiger partial charge in [0, 0.05) is 10.2 Å². The zero-order chi connectivity index (χ0) is 9.26. The second-order valence-corrected chi connectivity index (χ2v) is 4.22. The molecule has 0 atom stereocenters. The Balaban J connectivity index is 2.40. The molecule has 0 aromatic heterocycles. The van der Waals surface area contributed by atoms with E-state index in [-0.39, 0.29) is 6.61 Å². The minimum atomic E-state index is 0.218. The molecule has 0 unspecified atom stereocenters. The minimum Gasteiger partial charge on any atom is -0.396 e. The summed E-state index contributed by atoms with van der Waals surface area (Å²) in [5.41, 5.74) is 3.84. The molecule has 0 saturated heterocycles. The van der Waals surface area contributed by atoms with E-state index in [0.717, 1.165) is 19.6 Å². The number of aliphatic hydroxyl groups excluding tert-OH is 1. The van der Waals surface area contributed by atoms with E-state index in [4.69, 9.17) is 9.84 Å². The molecule has 3 heteroatoms. The zero-order valence-electron chi connectivity index (χ0n) is 7.22. The van der Waals surface area contributed by atoms with Crippen LogP contribution in [0, 0.1) is 3.57 Å². The molecule has 0 spiro atoms. The molecule has 0 saturated carbocycles. The maximum Gasteiger partial charge on any atom is 0.0735 e. The van der Waals surface area contributed by atoms with Crippen molar-refractivity contribution in [2.45, 2.75) is 19.6 Å². The SMILES string of the molecule is OCCc1ccc2c(c1I)COC2. The van der Waals surface area contributed by atoms with Crippen LogP contribution < -0.4 is 0 Å². The third-order valence-electron chi connectivity index (χ3n) is 2.31. The smallest absolute Gasteiger partial charge is 0.0735 e. The lowest BCUT2D eigenvalue weighted by atomic mass is 10.0. The Labute approximate surface area is 91.1 Å². The van der Waals surface area contributed by atoms with E-state index in [1.54, 1.807) is 0 Å². The fourth-order valence-electron chi connectivity index (χ4n) is 1.58. The molecule has 70 valence electrons. The molecule has 0 fully saturated rings. The Hall–Kier alpha value is -0.130. The topological polar surface area (TPSA) is 29.5 Å². The highest BCUT2D eigenvalue weighted by atomic mass is 127. The van der Waals surface area contributed by atoms with Crippen molar-refractivity contribution < 1.29 is 9.84 Å². The van der Waals surface area contributed by atoms with E-state index in [0.29, 0.717) is 0 Å². The highest BCUT2D eigenvalue weighted by Gasteiger charge is 2.15. The zero-order valence-corrected chi connectivity index (χ0v) is 9.37. The van der Waals surface area contributed by atoms with Crippen LogP contribution in [-0.2, 0) is 24.4 Å². The first-order chi connectivity index (χ1) is 6.33. The van der Waals surface area contributed by atoms with Gasteiger partial charge in [-0.2, -0.15) is 0 Å². The van der Waals surface area contributed by atoms with Crippen LogP contribution >= 0.6 is 22.6 Å². The molecule has 13 heavy (non-hydrogen) atoms. The van der Waals surface area contributed by atoms with Crippen molar-refractivity contribution in [3.8, 4) is 0 Å². The van der Waals surface area contributed by atoms with Crippen LogP contribution in [0.3, 0.4) is 0 Å². The molecular formula is C10H11IO2. The summed E-state index contributed by atoms with van der Waals surface area (Å²) in [5, 5.41) is 8.86. The molecule has 1 N–H and O–H groups in total. The summed E-state index contributed by atoms with van der Waals surface area (Å²) in [6.45, 7) is 1.69. The molecule has 2 rings (SSSR count). The van der Waals surface area contributed by atoms with Crippen molar-refractivity contribution in [2.75, 3.05) is 6.61 Å². The van der Waals surface area contributed by atoms with E-state index in [2.05, 4.69) is 34.7 Å². The first-order valence-corrected chi connectivity index (χ1v) is 5.38. The van der Waals surface area contributed by atoms with Gasteiger partial charge in [0.1, 0.15) is 0 Å². The van der Waals surface area contributed by atoms with Crippen LogP contribution in [0.5, 0.6) is 0 Å². The van der Waals surface area contributed by atoms with Crippen molar-refractivity contribution in [2.24, 2.45) is 0 Å². The Morgan fingerprint density at radius 1 is 1.38 bits per heavy atom. The lowest BCUT2D eigenvalue weighted by molar-refractivity contribution is 0.134. The monoisotopic (exact) mass is 290 g/mol. The van der Waals surface area contributed by atoms with Gasteiger partial charge in [-0.1, -0.05) is 12.1 Å². The first-order valence-electron chi connectivity index (χ1n) is 4.30. The standard InChI is InChI=1S/C10H11IO2/c11-10-7(3-4-12)1-2-8-5-13-6-9(8)10/h1-2,12H,3-6H2. The number of benzene rings is 1. The fraction of sp³-hybridized carbons (Fsp3) is 0.400. The Morgan fingerprint density at radius 3 is 3.00 bits per heavy atom. The summed E-state index contributed by atoms with van der Waals surface area (Å²) >= 11 is 2.34. The van der Waals surface area contributed by atoms with Crippen molar-refractivity contribution in [1.29, 1.82) is 0 Å². The number of rotatable bonds is 2. The summed E-state index contributed by atoms with van der Waals surface area (Å²) in [6.07, 6.45) is 0.742. The number of hydrogen-bond acceptors (Lipinski definition) is 2. The van der Waals surface area contributed by atoms with Crippen LogP contribution in [0.4, 0.5) is 0 Å². The third kappa shape index (κ3) is 1.73. The second-order valence-electron chi connectivity index (χ2n) is 3.14. The van der Waals surface area contributed by atoms with Gasteiger partial charge in [-0.15, -0.1) is 0 Å². The third-order valence-corrected chi connectivity index (χ3v) is 3.65. The van der Waals surface area contributed by atoms with Gasteiger partial charge >= 0.3 is 0 Å². The van der Waals surface area contributed by atoms with Crippen LogP contribution in [0.2, 0.25) is 0 Å². The predicted molar refractivity (Wildman–Crippen MR) is 58.4 cm³/mol. The minimum absolute atomic E-state index is 0.218. The molecule has 0 radical (unpaired) electrons. The molecular weight excluding hydrogens is 279 g/mol. The Kier molecular flexibility index (Phi) is 2.86. The first kappa shape index (κ1) is 9.43. The number of fused-ring (bicyclic) bond motifs is 1. The van der Waals surface area contributed by atoms with Crippen molar-refractivity contribution in [1.82, 2.24) is 0 Å². The second kappa shape index (κ2) is 3.94. The fourth-order valence-corrected chi connectivity index (χ4v) is 2.53. The van der Waals surface area contributed by atoms with E-state index in [1.807, 2.05) is 0 Å². The maximum atomic E-state index is 8.86. The average molecular weight is 290 g/mol. The van der Waals surface area contributed by atoms with E-state index in [9.17, 15) is 0 Å². The molecule has 1 aliphatic rings. The van der Waals surface area contributed by atoms with Crippen LogP contribution in [0.25, 0.3) is 0 Å². The number of hydrogen-bond donors (Lipinski definition) is 1. The number of halogens is 1. The van der Waals surface area contributed by atoms with E-state index in [1.165, 1.54) is 20.3 Å². The highest BCUT2D eigenvalue weighted by Crippen LogP contribution is 2.27. The van der Waals surface area contributed by atoms with Gasteiger partial charge in [-0.25, -0.2) is 0 Å². The quantitative estimate of drug-likeness (QED) is 0.842. The molecule has 0 bridgehead atoms. The van der Waals surface area contributed by atoms with Crippen LogP contribution in [0.1, 0.15) is 16.7 Å². The molecule has 2 nitrogen and oxygen atoms in total. The normalized spacial score (nSPS) is 14.6. The molecule has 1 aromatic carbocycles. The summed E-state index contributed by atoms with van der Waals surface area (Å²) in [6, 6.07) is 4.20. The summed E-state index contributed by atoms with van der Waals surface area (Å²) < 4.78 is 6.63. The lowest BCUT2D eigenvalue weighted by Crippen LogP contribution is -1.98. The van der Waals surface area contributed by atoms with Gasteiger partial charge < -0.3 is 9.84 Å². The van der Waals surface area contributed by atoms with Gasteiger partial charge in [0.15, 0.2) is 0 Å². The van der Waals surface area contributed by atoms with Gasteiger partial charge in [0.2, 0.25) is 0 Å². The van der Waals surface area contributed by atoms with Crippen molar-refractivity contribution in [3.05, 3.63) is 32.4 Å². The largest absolute Gasteiger partial charge is 0.396 e. The average Bonchev–Trinajstić information content (AvgIpc) is 2.58. The molecule has 1 aliphatic heterocycles.